The molecule has 5 heteroatoms. The number of nitrogens with one attached hydrogen (secondary N) is 1. The highest BCUT2D eigenvalue weighted by Gasteiger charge is 1.99. The minimum atomic E-state index is 0.232. The molecule has 4 nitrogen and oxygen atoms in total. The number of nitrogens with zero attached hydrogens (tertiary/aromatic N) is 2. The van der Waals surface area contributed by atoms with E-state index < -0.39 is 0 Å². The fraction of sp³-hybridized carbons (Fsp3) is 0.778. The van der Waals surface area contributed by atoms with Gasteiger partial charge in [0.15, 0.2) is 11.4 Å². The molecule has 1 unspecified atom stereocenters. The van der Waals surface area contributed by atoms with E-state index in [1.165, 1.54) is 11.8 Å². The standard InChI is InChI=1S/C9H17N3OS/c1-8(6-13)4-3-5-11-9(14-2)12-7-10/h8,13H,3-6H2,1-2H3,(H,11,12). The van der Waals surface area contributed by atoms with Crippen LogP contribution in [0.25, 0.3) is 0 Å². The molecule has 0 saturated heterocycles. The van der Waals surface area contributed by atoms with Gasteiger partial charge in [-0.25, -0.2) is 0 Å². The second-order valence-electron chi connectivity index (χ2n) is 3.06. The van der Waals surface area contributed by atoms with Crippen molar-refractivity contribution in [3.63, 3.8) is 0 Å². The van der Waals surface area contributed by atoms with Crippen LogP contribution >= 0.6 is 11.8 Å². The first-order chi connectivity index (χ1) is 6.74. The monoisotopic (exact) mass is 215 g/mol. The molecule has 0 aliphatic carbocycles. The van der Waals surface area contributed by atoms with Crippen LogP contribution in [-0.2, 0) is 0 Å². The zero-order chi connectivity index (χ0) is 10.8. The van der Waals surface area contributed by atoms with Crippen LogP contribution in [0.4, 0.5) is 0 Å². The number of aliphatic hydroxyl groups is 1. The average molecular weight is 215 g/mol. The van der Waals surface area contributed by atoms with Crippen molar-refractivity contribution < 1.29 is 5.11 Å². The summed E-state index contributed by atoms with van der Waals surface area (Å²) in [6.07, 6.45) is 5.62. The maximum absolute atomic E-state index is 8.78. The van der Waals surface area contributed by atoms with E-state index in [-0.39, 0.29) is 6.61 Å². The Morgan fingerprint density at radius 2 is 2.43 bits per heavy atom. The van der Waals surface area contributed by atoms with Gasteiger partial charge in [-0.15, -0.1) is 0 Å². The molecule has 0 heterocycles. The summed E-state index contributed by atoms with van der Waals surface area (Å²) < 4.78 is 0. The van der Waals surface area contributed by atoms with Gasteiger partial charge >= 0.3 is 0 Å². The van der Waals surface area contributed by atoms with Gasteiger partial charge < -0.3 is 5.11 Å². The number of hydrogen-bond acceptors (Lipinski definition) is 4. The smallest absolute Gasteiger partial charge is 0.183 e. The molecule has 1 atom stereocenters. The first-order valence-electron chi connectivity index (χ1n) is 4.59. The maximum Gasteiger partial charge on any atom is 0.183 e. The quantitative estimate of drug-likeness (QED) is 0.238. The van der Waals surface area contributed by atoms with Gasteiger partial charge in [0.2, 0.25) is 0 Å². The minimum Gasteiger partial charge on any atom is -0.396 e. The number of rotatable bonds is 5. The third-order valence-corrected chi connectivity index (χ3v) is 2.40. The molecule has 0 aliphatic rings. The normalized spacial score (nSPS) is 13.4. The van der Waals surface area contributed by atoms with Crippen LogP contribution < -0.4 is 5.32 Å². The van der Waals surface area contributed by atoms with Gasteiger partial charge in [-0.05, 0) is 25.0 Å². The van der Waals surface area contributed by atoms with Gasteiger partial charge in [-0.3, -0.25) is 10.3 Å². The molecular weight excluding hydrogens is 198 g/mol. The van der Waals surface area contributed by atoms with Crippen molar-refractivity contribution in [1.82, 2.24) is 5.32 Å². The number of thioether (sulfide) groups is 1. The highest BCUT2D eigenvalue weighted by Crippen LogP contribution is 2.04. The van der Waals surface area contributed by atoms with E-state index in [0.717, 1.165) is 12.8 Å². The molecule has 0 amide bonds. The third kappa shape index (κ3) is 6.75. The van der Waals surface area contributed by atoms with Crippen LogP contribution in [-0.4, -0.2) is 29.7 Å². The first-order valence-corrected chi connectivity index (χ1v) is 5.81. The Balaban J connectivity index is 3.63. The van der Waals surface area contributed by atoms with Crippen molar-refractivity contribution in [3.05, 3.63) is 0 Å². The molecule has 80 valence electrons. The topological polar surface area (TPSA) is 68.4 Å². The van der Waals surface area contributed by atoms with Crippen LogP contribution in [0.2, 0.25) is 0 Å². The van der Waals surface area contributed by atoms with Crippen LogP contribution in [0.1, 0.15) is 19.8 Å². The zero-order valence-corrected chi connectivity index (χ0v) is 9.47. The lowest BCUT2D eigenvalue weighted by Gasteiger charge is -2.05. The fourth-order valence-corrected chi connectivity index (χ4v) is 1.28. The Morgan fingerprint density at radius 3 is 2.93 bits per heavy atom. The maximum atomic E-state index is 8.78. The lowest BCUT2D eigenvalue weighted by molar-refractivity contribution is 0.229. The molecule has 14 heavy (non-hydrogen) atoms. The Bertz CT molecular complexity index is 213. The predicted molar refractivity (Wildman–Crippen MR) is 60.0 cm³/mol. The summed E-state index contributed by atoms with van der Waals surface area (Å²) in [5.41, 5.74) is 0. The second-order valence-corrected chi connectivity index (χ2v) is 3.85. The van der Waals surface area contributed by atoms with Gasteiger partial charge in [0.05, 0.1) is 0 Å². The molecule has 0 saturated carbocycles. The Labute approximate surface area is 89.4 Å². The molecule has 0 bridgehead atoms. The third-order valence-electron chi connectivity index (χ3n) is 1.78. The fourth-order valence-electron chi connectivity index (χ4n) is 0.915. The van der Waals surface area contributed by atoms with E-state index in [1.807, 2.05) is 19.4 Å². The SMILES string of the molecule is CSC(=NCCCC(C)CO)NC#N. The van der Waals surface area contributed by atoms with Gasteiger partial charge in [0.25, 0.3) is 0 Å². The molecule has 0 aromatic rings. The number of nitriles is 1. The first kappa shape index (κ1) is 13.3. The summed E-state index contributed by atoms with van der Waals surface area (Å²) in [7, 11) is 0. The number of aliphatic imine (C=N–C) groups is 1. The highest BCUT2D eigenvalue weighted by atomic mass is 32.2. The molecule has 0 radical (unpaired) electrons. The van der Waals surface area contributed by atoms with Crippen molar-refractivity contribution in [2.24, 2.45) is 10.9 Å². The van der Waals surface area contributed by atoms with Gasteiger partial charge in [-0.1, -0.05) is 18.7 Å². The van der Waals surface area contributed by atoms with Crippen molar-refractivity contribution in [2.45, 2.75) is 19.8 Å². The lowest BCUT2D eigenvalue weighted by atomic mass is 10.1. The summed E-state index contributed by atoms with van der Waals surface area (Å²) in [5.74, 6) is 0.340. The number of aliphatic hydroxyl groups excluding tert-OH is 1. The van der Waals surface area contributed by atoms with Crippen molar-refractivity contribution in [2.75, 3.05) is 19.4 Å². The van der Waals surface area contributed by atoms with Crippen LogP contribution in [0.5, 0.6) is 0 Å². The summed E-state index contributed by atoms with van der Waals surface area (Å²) in [6, 6.07) is 0. The molecule has 0 rings (SSSR count). The zero-order valence-electron chi connectivity index (χ0n) is 8.66. The largest absolute Gasteiger partial charge is 0.396 e. The Morgan fingerprint density at radius 1 is 1.71 bits per heavy atom. The highest BCUT2D eigenvalue weighted by molar-refractivity contribution is 8.13. The summed E-state index contributed by atoms with van der Waals surface area (Å²) in [4.78, 5) is 4.20. The van der Waals surface area contributed by atoms with Crippen LogP contribution in [0.15, 0.2) is 4.99 Å². The van der Waals surface area contributed by atoms with E-state index in [2.05, 4.69) is 10.3 Å². The average Bonchev–Trinajstić information content (AvgIpc) is 2.22. The summed E-state index contributed by atoms with van der Waals surface area (Å²) in [6.45, 7) is 2.94. The van der Waals surface area contributed by atoms with E-state index in [1.54, 1.807) is 0 Å². The summed E-state index contributed by atoms with van der Waals surface area (Å²) in [5, 5.41) is 20.3. The number of hydrogen-bond donors (Lipinski definition) is 2. The molecule has 0 aliphatic heterocycles. The van der Waals surface area contributed by atoms with Crippen LogP contribution in [0, 0.1) is 17.4 Å². The second kappa shape index (κ2) is 8.85. The molecule has 0 spiro atoms. The molecule has 0 aromatic carbocycles. The van der Waals surface area contributed by atoms with Crippen LogP contribution in [0.3, 0.4) is 0 Å². The van der Waals surface area contributed by atoms with E-state index in [9.17, 15) is 0 Å². The van der Waals surface area contributed by atoms with Gasteiger partial charge in [-0.2, -0.15) is 5.26 Å². The van der Waals surface area contributed by atoms with Crippen molar-refractivity contribution in [3.8, 4) is 6.19 Å². The Hall–Kier alpha value is -0.730. The van der Waals surface area contributed by atoms with Gasteiger partial charge in [0.1, 0.15) is 0 Å². The van der Waals surface area contributed by atoms with Crippen molar-refractivity contribution >= 4 is 16.9 Å². The van der Waals surface area contributed by atoms with E-state index in [0.29, 0.717) is 17.6 Å². The van der Waals surface area contributed by atoms with Gasteiger partial charge in [0, 0.05) is 13.2 Å². The number of amidine groups is 1. The molecule has 2 N–H and O–H groups in total. The van der Waals surface area contributed by atoms with E-state index >= 15 is 0 Å². The molecular formula is C9H17N3OS. The van der Waals surface area contributed by atoms with E-state index in [4.69, 9.17) is 10.4 Å². The summed E-state index contributed by atoms with van der Waals surface area (Å²) >= 11 is 1.43. The molecule has 0 fully saturated rings. The Kier molecular flexibility index (Phi) is 8.39. The molecule has 0 aromatic heterocycles. The minimum absolute atomic E-state index is 0.232. The lowest BCUT2D eigenvalue weighted by Crippen LogP contribution is -2.13. The predicted octanol–water partition coefficient (Wildman–Crippen LogP) is 1.18. The van der Waals surface area contributed by atoms with Crippen molar-refractivity contribution in [1.29, 1.82) is 5.26 Å².